The zero-order chi connectivity index (χ0) is 21.8. The van der Waals surface area contributed by atoms with E-state index in [0.29, 0.717) is 17.3 Å². The van der Waals surface area contributed by atoms with Gasteiger partial charge in [-0.25, -0.2) is 4.98 Å². The van der Waals surface area contributed by atoms with Crippen LogP contribution in [0.4, 0.5) is 5.69 Å². The molecule has 2 amide bonds. The predicted octanol–water partition coefficient (Wildman–Crippen LogP) is 3.45. The van der Waals surface area contributed by atoms with Gasteiger partial charge in [0.05, 0.1) is 29.8 Å². The van der Waals surface area contributed by atoms with Crippen LogP contribution in [0.25, 0.3) is 11.0 Å². The molecule has 0 saturated carbocycles. The second-order valence-corrected chi connectivity index (χ2v) is 9.00. The van der Waals surface area contributed by atoms with Crippen molar-refractivity contribution in [1.82, 2.24) is 14.5 Å². The Morgan fingerprint density at radius 2 is 2.00 bits per heavy atom. The lowest BCUT2D eigenvalue weighted by atomic mass is 10.2. The van der Waals surface area contributed by atoms with Crippen molar-refractivity contribution in [2.75, 3.05) is 30.3 Å². The van der Waals surface area contributed by atoms with Gasteiger partial charge in [-0.3, -0.25) is 9.59 Å². The summed E-state index contributed by atoms with van der Waals surface area (Å²) in [6, 6.07) is 14.5. The third-order valence-electron chi connectivity index (χ3n) is 5.16. The third kappa shape index (κ3) is 4.67. The summed E-state index contributed by atoms with van der Waals surface area (Å²) in [5.74, 6) is 3.14. The van der Waals surface area contributed by atoms with Gasteiger partial charge in [0.1, 0.15) is 24.2 Å². The number of fused-ring (bicyclic) bond motifs is 1. The van der Waals surface area contributed by atoms with Gasteiger partial charge in [0.15, 0.2) is 0 Å². The number of para-hydroxylation sites is 2. The highest BCUT2D eigenvalue weighted by molar-refractivity contribution is 7.99. The largest absolute Gasteiger partial charge is 0.497 e. The summed E-state index contributed by atoms with van der Waals surface area (Å²) in [6.07, 6.45) is 2.02. The Morgan fingerprint density at radius 1 is 1.23 bits per heavy atom. The van der Waals surface area contributed by atoms with E-state index in [4.69, 9.17) is 4.74 Å². The van der Waals surface area contributed by atoms with Gasteiger partial charge in [-0.15, -0.1) is 11.8 Å². The van der Waals surface area contributed by atoms with E-state index >= 15 is 0 Å². The van der Waals surface area contributed by atoms with Crippen molar-refractivity contribution in [1.29, 1.82) is 0 Å². The Balaban J connectivity index is 1.49. The number of aromatic nitrogens is 2. The zero-order valence-corrected chi connectivity index (χ0v) is 19.0. The molecule has 162 valence electrons. The number of nitrogens with zero attached hydrogens (tertiary/aromatic N) is 3. The number of rotatable bonds is 7. The first kappa shape index (κ1) is 21.6. The van der Waals surface area contributed by atoms with Crippen LogP contribution in [0.5, 0.6) is 5.75 Å². The van der Waals surface area contributed by atoms with Gasteiger partial charge in [0.2, 0.25) is 11.8 Å². The average Bonchev–Trinajstić information content (AvgIpc) is 3.40. The summed E-state index contributed by atoms with van der Waals surface area (Å²) >= 11 is 3.26. The number of carbonyl (C=O) groups excluding carboxylic acids is 2. The van der Waals surface area contributed by atoms with Crippen LogP contribution in [-0.4, -0.2) is 57.3 Å². The molecule has 1 unspecified atom stereocenters. The van der Waals surface area contributed by atoms with E-state index in [1.54, 1.807) is 59.8 Å². The molecule has 1 atom stereocenters. The number of methoxy groups -OCH3 is 1. The molecular weight excluding hydrogens is 432 g/mol. The van der Waals surface area contributed by atoms with Gasteiger partial charge in [0, 0.05) is 11.4 Å². The number of hydrogen-bond donors (Lipinski definition) is 1. The van der Waals surface area contributed by atoms with Gasteiger partial charge in [-0.1, -0.05) is 12.1 Å². The number of benzene rings is 2. The van der Waals surface area contributed by atoms with Crippen LogP contribution in [0, 0.1) is 0 Å². The molecule has 7 nitrogen and oxygen atoms in total. The molecule has 0 bridgehead atoms. The highest BCUT2D eigenvalue weighted by atomic mass is 32.2. The molecule has 1 aliphatic rings. The molecule has 2 aromatic carbocycles. The van der Waals surface area contributed by atoms with E-state index in [2.05, 4.69) is 10.3 Å². The maximum atomic E-state index is 13.2. The van der Waals surface area contributed by atoms with Crippen LogP contribution >= 0.6 is 23.5 Å². The molecule has 1 N–H and O–H groups in total. The second kappa shape index (κ2) is 9.65. The summed E-state index contributed by atoms with van der Waals surface area (Å²) in [5.41, 5.74) is 2.49. The number of imidazole rings is 1. The first-order chi connectivity index (χ1) is 15.1. The van der Waals surface area contributed by atoms with Crippen LogP contribution in [-0.2, 0) is 21.9 Å². The van der Waals surface area contributed by atoms with E-state index in [-0.39, 0.29) is 18.4 Å². The van der Waals surface area contributed by atoms with E-state index in [1.807, 2.05) is 35.1 Å². The fraction of sp³-hybridized carbons (Fsp3) is 0.318. The maximum Gasteiger partial charge on any atom is 0.248 e. The fourth-order valence-electron chi connectivity index (χ4n) is 3.57. The zero-order valence-electron chi connectivity index (χ0n) is 17.4. The van der Waals surface area contributed by atoms with E-state index in [9.17, 15) is 9.59 Å². The lowest BCUT2D eigenvalue weighted by molar-refractivity contribution is -0.136. The van der Waals surface area contributed by atoms with Crippen LogP contribution < -0.4 is 10.1 Å². The minimum Gasteiger partial charge on any atom is -0.497 e. The standard InChI is InChI=1S/C22H24N4O3S2/c1-29-16-9-7-15(8-10-16)23-22(28)19-12-31-14-26(19)21(27)11-25-18-6-4-3-5-17(18)24-20(25)13-30-2/h3-10,19H,11-14H2,1-2H3,(H,23,28). The Morgan fingerprint density at radius 3 is 2.74 bits per heavy atom. The Bertz CT molecular complexity index is 1080. The summed E-state index contributed by atoms with van der Waals surface area (Å²) in [5, 5.41) is 2.92. The molecular formula is C22H24N4O3S2. The quantitative estimate of drug-likeness (QED) is 0.587. The molecule has 1 aromatic heterocycles. The molecule has 31 heavy (non-hydrogen) atoms. The SMILES string of the molecule is COc1ccc(NC(=O)C2CSCN2C(=O)Cn2c(CSC)nc3ccccc32)cc1. The third-order valence-corrected chi connectivity index (χ3v) is 6.72. The smallest absolute Gasteiger partial charge is 0.248 e. The van der Waals surface area contributed by atoms with Crippen molar-refractivity contribution in [3.63, 3.8) is 0 Å². The average molecular weight is 457 g/mol. The summed E-state index contributed by atoms with van der Waals surface area (Å²) < 4.78 is 7.12. The highest BCUT2D eigenvalue weighted by Gasteiger charge is 2.35. The first-order valence-electron chi connectivity index (χ1n) is 9.86. The molecule has 1 aliphatic heterocycles. The predicted molar refractivity (Wildman–Crippen MR) is 127 cm³/mol. The molecule has 1 fully saturated rings. The van der Waals surface area contributed by atoms with Crippen LogP contribution in [0.2, 0.25) is 0 Å². The molecule has 0 aliphatic carbocycles. The molecule has 0 spiro atoms. The molecule has 3 aromatic rings. The number of nitrogens with one attached hydrogen (secondary N) is 1. The summed E-state index contributed by atoms with van der Waals surface area (Å²) in [4.78, 5) is 32.5. The van der Waals surface area contributed by atoms with Gasteiger partial charge >= 0.3 is 0 Å². The Kier molecular flexibility index (Phi) is 6.72. The molecule has 1 saturated heterocycles. The van der Waals surface area contributed by atoms with Crippen molar-refractivity contribution in [2.45, 2.75) is 18.3 Å². The van der Waals surface area contributed by atoms with Crippen molar-refractivity contribution < 1.29 is 14.3 Å². The minimum atomic E-state index is -0.501. The van der Waals surface area contributed by atoms with Gasteiger partial charge in [-0.2, -0.15) is 11.8 Å². The first-order valence-corrected chi connectivity index (χ1v) is 12.4. The van der Waals surface area contributed by atoms with Crippen molar-refractivity contribution in [3.8, 4) is 5.75 Å². The highest BCUT2D eigenvalue weighted by Crippen LogP contribution is 2.25. The van der Waals surface area contributed by atoms with Crippen LogP contribution in [0.3, 0.4) is 0 Å². The molecule has 9 heteroatoms. The normalized spacial score (nSPS) is 15.9. The fourth-order valence-corrected chi connectivity index (χ4v) is 5.23. The van der Waals surface area contributed by atoms with Gasteiger partial charge in [-0.05, 0) is 42.7 Å². The monoisotopic (exact) mass is 456 g/mol. The lowest BCUT2D eigenvalue weighted by Crippen LogP contribution is -2.45. The topological polar surface area (TPSA) is 76.5 Å². The number of carbonyl (C=O) groups is 2. The van der Waals surface area contributed by atoms with Crippen molar-refractivity contribution >= 4 is 52.1 Å². The Labute approximate surface area is 189 Å². The Hall–Kier alpha value is -2.65. The van der Waals surface area contributed by atoms with Crippen LogP contribution in [0.15, 0.2) is 48.5 Å². The maximum absolute atomic E-state index is 13.2. The van der Waals surface area contributed by atoms with E-state index < -0.39 is 6.04 Å². The number of amides is 2. The number of ether oxygens (including phenoxy) is 1. The van der Waals surface area contributed by atoms with Crippen molar-refractivity contribution in [3.05, 3.63) is 54.4 Å². The van der Waals surface area contributed by atoms with E-state index in [1.165, 1.54) is 0 Å². The summed E-state index contributed by atoms with van der Waals surface area (Å²) in [7, 11) is 1.60. The number of hydrogen-bond acceptors (Lipinski definition) is 6. The van der Waals surface area contributed by atoms with E-state index in [0.717, 1.165) is 28.4 Å². The minimum absolute atomic E-state index is 0.0783. The molecule has 4 rings (SSSR count). The molecule has 2 heterocycles. The van der Waals surface area contributed by atoms with Crippen molar-refractivity contribution in [2.24, 2.45) is 0 Å². The second-order valence-electron chi connectivity index (χ2n) is 7.13. The van der Waals surface area contributed by atoms with Gasteiger partial charge in [0.25, 0.3) is 0 Å². The molecule has 0 radical (unpaired) electrons. The van der Waals surface area contributed by atoms with Crippen LogP contribution in [0.1, 0.15) is 5.82 Å². The number of anilines is 1. The number of thioether (sulfide) groups is 2. The van der Waals surface area contributed by atoms with Gasteiger partial charge < -0.3 is 19.5 Å². The lowest BCUT2D eigenvalue weighted by Gasteiger charge is -2.24. The summed E-state index contributed by atoms with van der Waals surface area (Å²) in [6.45, 7) is 0.170.